The molecule has 3 aromatic heterocycles. The van der Waals surface area contributed by atoms with E-state index in [0.29, 0.717) is 37.3 Å². The first kappa shape index (κ1) is 20.3. The SMILES string of the molecule is COc1ccc2[nH]c(C)c(CC(=O)N3CCOC(COn4nnc5cccnc54)C3)c2c1. The Morgan fingerprint density at radius 3 is 3.12 bits per heavy atom. The summed E-state index contributed by atoms with van der Waals surface area (Å²) in [5.41, 5.74) is 4.16. The van der Waals surface area contributed by atoms with Gasteiger partial charge in [0.2, 0.25) is 11.6 Å². The number of amides is 1. The number of carbonyl (C=O) groups is 1. The Balaban J connectivity index is 1.25. The van der Waals surface area contributed by atoms with Crippen LogP contribution >= 0.6 is 0 Å². The summed E-state index contributed by atoms with van der Waals surface area (Å²) in [6, 6.07) is 9.45. The molecule has 5 rings (SSSR count). The number of ether oxygens (including phenoxy) is 2. The van der Waals surface area contributed by atoms with Gasteiger partial charge in [0.05, 0.1) is 26.7 Å². The van der Waals surface area contributed by atoms with E-state index in [1.807, 2.05) is 36.1 Å². The first-order valence-electron chi connectivity index (χ1n) is 10.5. The van der Waals surface area contributed by atoms with Crippen LogP contribution in [0, 0.1) is 6.92 Å². The van der Waals surface area contributed by atoms with Crippen LogP contribution in [0.4, 0.5) is 0 Å². The minimum absolute atomic E-state index is 0.0537. The number of rotatable bonds is 6. The summed E-state index contributed by atoms with van der Waals surface area (Å²) in [6.45, 7) is 3.68. The molecule has 1 aromatic carbocycles. The molecule has 0 spiro atoms. The molecule has 0 aliphatic carbocycles. The molecule has 4 heterocycles. The molecule has 1 atom stereocenters. The van der Waals surface area contributed by atoms with Crippen LogP contribution in [0.5, 0.6) is 5.75 Å². The Bertz CT molecular complexity index is 1270. The lowest BCUT2D eigenvalue weighted by molar-refractivity contribution is -0.141. The van der Waals surface area contributed by atoms with Crippen molar-refractivity contribution in [1.82, 2.24) is 30.0 Å². The highest BCUT2D eigenvalue weighted by Crippen LogP contribution is 2.27. The predicted octanol–water partition coefficient (Wildman–Crippen LogP) is 1.52. The molecule has 166 valence electrons. The van der Waals surface area contributed by atoms with E-state index in [1.54, 1.807) is 19.4 Å². The van der Waals surface area contributed by atoms with Gasteiger partial charge in [0.15, 0.2) is 0 Å². The van der Waals surface area contributed by atoms with Crippen LogP contribution in [-0.2, 0) is 16.0 Å². The average Bonchev–Trinajstić information content (AvgIpc) is 3.38. The fourth-order valence-corrected chi connectivity index (χ4v) is 4.01. The first-order valence-corrected chi connectivity index (χ1v) is 10.5. The van der Waals surface area contributed by atoms with Gasteiger partial charge in [-0.1, -0.05) is 4.85 Å². The van der Waals surface area contributed by atoms with Crippen molar-refractivity contribution in [3.8, 4) is 5.75 Å². The van der Waals surface area contributed by atoms with E-state index in [4.69, 9.17) is 14.3 Å². The second-order valence-corrected chi connectivity index (χ2v) is 7.75. The van der Waals surface area contributed by atoms with E-state index in [2.05, 4.69) is 20.3 Å². The largest absolute Gasteiger partial charge is 0.497 e. The van der Waals surface area contributed by atoms with Gasteiger partial charge in [-0.2, -0.15) is 0 Å². The molecular formula is C22H24N6O4. The fourth-order valence-electron chi connectivity index (χ4n) is 4.01. The quantitative estimate of drug-likeness (QED) is 0.488. The highest BCUT2D eigenvalue weighted by Gasteiger charge is 2.26. The Morgan fingerprint density at radius 1 is 1.34 bits per heavy atom. The summed E-state index contributed by atoms with van der Waals surface area (Å²) >= 11 is 0. The lowest BCUT2D eigenvalue weighted by Crippen LogP contribution is -2.48. The lowest BCUT2D eigenvalue weighted by atomic mass is 10.1. The van der Waals surface area contributed by atoms with Gasteiger partial charge in [-0.25, -0.2) is 4.98 Å². The standard InChI is InChI=1S/C22H24N6O4/c1-14-17(18-10-15(30-2)5-6-19(18)24-14)11-21(29)27-8-9-31-16(12-27)13-32-28-22-20(25-26-28)4-3-7-23-22/h3-7,10,16,24H,8-9,11-13H2,1-2H3. The number of morpholine rings is 1. The Hall–Kier alpha value is -3.66. The Labute approximate surface area is 184 Å². The first-order chi connectivity index (χ1) is 15.6. The molecule has 1 aliphatic rings. The highest BCUT2D eigenvalue weighted by molar-refractivity contribution is 5.91. The van der Waals surface area contributed by atoms with Gasteiger partial charge in [0, 0.05) is 29.3 Å². The van der Waals surface area contributed by atoms with Crippen molar-refractivity contribution >= 4 is 28.0 Å². The van der Waals surface area contributed by atoms with E-state index in [0.717, 1.165) is 27.9 Å². The van der Waals surface area contributed by atoms with Crippen molar-refractivity contribution in [3.05, 3.63) is 47.8 Å². The number of nitrogens with zero attached hydrogens (tertiary/aromatic N) is 5. The number of H-pyrrole nitrogens is 1. The average molecular weight is 436 g/mol. The molecule has 1 saturated heterocycles. The molecule has 0 saturated carbocycles. The summed E-state index contributed by atoms with van der Waals surface area (Å²) in [7, 11) is 1.64. The number of aryl methyl sites for hydroxylation is 1. The third-order valence-corrected chi connectivity index (χ3v) is 5.71. The van der Waals surface area contributed by atoms with E-state index in [-0.39, 0.29) is 18.6 Å². The summed E-state index contributed by atoms with van der Waals surface area (Å²) < 4.78 is 11.2. The zero-order valence-corrected chi connectivity index (χ0v) is 17.9. The van der Waals surface area contributed by atoms with E-state index in [1.165, 1.54) is 4.85 Å². The van der Waals surface area contributed by atoms with E-state index in [9.17, 15) is 4.79 Å². The third-order valence-electron chi connectivity index (χ3n) is 5.71. The molecule has 10 heteroatoms. The van der Waals surface area contributed by atoms with E-state index < -0.39 is 0 Å². The second-order valence-electron chi connectivity index (χ2n) is 7.75. The monoisotopic (exact) mass is 436 g/mol. The molecule has 32 heavy (non-hydrogen) atoms. The number of hydrogen-bond donors (Lipinski definition) is 1. The van der Waals surface area contributed by atoms with Gasteiger partial charge in [0.25, 0.3) is 0 Å². The topological polar surface area (TPSA) is 107 Å². The number of aromatic nitrogens is 5. The Kier molecular flexibility index (Phi) is 5.36. The van der Waals surface area contributed by atoms with Gasteiger partial charge in [0.1, 0.15) is 24.0 Å². The van der Waals surface area contributed by atoms with Crippen LogP contribution in [0.1, 0.15) is 11.3 Å². The van der Waals surface area contributed by atoms with Crippen molar-refractivity contribution in [2.75, 3.05) is 33.4 Å². The van der Waals surface area contributed by atoms with Gasteiger partial charge >= 0.3 is 0 Å². The van der Waals surface area contributed by atoms with Gasteiger partial charge in [-0.05, 0) is 48.0 Å². The summed E-state index contributed by atoms with van der Waals surface area (Å²) in [5.74, 6) is 0.821. The van der Waals surface area contributed by atoms with Crippen LogP contribution < -0.4 is 9.57 Å². The van der Waals surface area contributed by atoms with Crippen LogP contribution in [0.15, 0.2) is 36.5 Å². The van der Waals surface area contributed by atoms with Crippen molar-refractivity contribution in [1.29, 1.82) is 0 Å². The molecule has 4 aromatic rings. The number of fused-ring (bicyclic) bond motifs is 2. The van der Waals surface area contributed by atoms with Crippen LogP contribution in [0.25, 0.3) is 22.1 Å². The molecule has 1 fully saturated rings. The zero-order chi connectivity index (χ0) is 22.1. The maximum Gasteiger partial charge on any atom is 0.227 e. The summed E-state index contributed by atoms with van der Waals surface area (Å²) in [6.07, 6.45) is 1.70. The number of benzene rings is 1. The van der Waals surface area contributed by atoms with E-state index >= 15 is 0 Å². The van der Waals surface area contributed by atoms with Gasteiger partial charge in [-0.3, -0.25) is 4.79 Å². The maximum absolute atomic E-state index is 13.1. The zero-order valence-electron chi connectivity index (χ0n) is 17.9. The molecular weight excluding hydrogens is 412 g/mol. The normalized spacial score (nSPS) is 16.6. The predicted molar refractivity (Wildman–Crippen MR) is 116 cm³/mol. The number of hydrogen-bond acceptors (Lipinski definition) is 7. The molecule has 1 unspecified atom stereocenters. The molecule has 1 aliphatic heterocycles. The minimum Gasteiger partial charge on any atom is -0.497 e. The number of nitrogens with one attached hydrogen (secondary N) is 1. The fraction of sp³-hybridized carbons (Fsp3) is 0.364. The molecule has 0 radical (unpaired) electrons. The molecule has 0 bridgehead atoms. The van der Waals surface area contributed by atoms with Crippen LogP contribution in [-0.4, -0.2) is 75.4 Å². The smallest absolute Gasteiger partial charge is 0.227 e. The highest BCUT2D eigenvalue weighted by atomic mass is 16.7. The van der Waals surface area contributed by atoms with Crippen molar-refractivity contribution in [2.45, 2.75) is 19.4 Å². The number of methoxy groups -OCH3 is 1. The summed E-state index contributed by atoms with van der Waals surface area (Å²) in [4.78, 5) is 29.6. The molecule has 10 nitrogen and oxygen atoms in total. The van der Waals surface area contributed by atoms with Gasteiger partial charge < -0.3 is 24.2 Å². The number of carbonyl (C=O) groups excluding carboxylic acids is 1. The minimum atomic E-state index is -0.264. The third kappa shape index (κ3) is 3.84. The van der Waals surface area contributed by atoms with Gasteiger partial charge in [-0.15, -0.1) is 5.10 Å². The van der Waals surface area contributed by atoms with Crippen molar-refractivity contribution < 1.29 is 19.1 Å². The number of pyridine rings is 1. The van der Waals surface area contributed by atoms with Crippen molar-refractivity contribution in [2.24, 2.45) is 0 Å². The number of aromatic amines is 1. The summed E-state index contributed by atoms with van der Waals surface area (Å²) in [5, 5.41) is 9.00. The lowest BCUT2D eigenvalue weighted by Gasteiger charge is -2.32. The Morgan fingerprint density at radius 2 is 2.25 bits per heavy atom. The van der Waals surface area contributed by atoms with Crippen LogP contribution in [0.3, 0.4) is 0 Å². The maximum atomic E-state index is 13.1. The molecule has 1 N–H and O–H groups in total. The van der Waals surface area contributed by atoms with Crippen LogP contribution in [0.2, 0.25) is 0 Å². The molecule has 1 amide bonds. The van der Waals surface area contributed by atoms with Crippen molar-refractivity contribution in [3.63, 3.8) is 0 Å². The second kappa shape index (κ2) is 8.46.